The SMILES string of the molecule is Cc1ccc(NC(=O)c2cccc(C(F)(F)F)c2)cc1NC(=O)Cc1csc(SC(C)C(N)=O)n1. The summed E-state index contributed by atoms with van der Waals surface area (Å²) < 4.78 is 39.4. The number of aryl methyl sites for hydroxylation is 1. The van der Waals surface area contributed by atoms with Crippen molar-refractivity contribution in [3.05, 3.63) is 70.2 Å². The molecule has 0 fully saturated rings. The number of nitrogens with one attached hydrogen (secondary N) is 2. The molecule has 3 amide bonds. The lowest BCUT2D eigenvalue weighted by molar-refractivity contribution is -0.137. The first-order valence-corrected chi connectivity index (χ1v) is 12.0. The molecule has 0 saturated heterocycles. The number of amides is 3. The standard InChI is InChI=1S/C23H21F3N4O3S2/c1-12-6-7-16(28-21(33)14-4-3-5-15(8-14)23(24,25)26)9-18(12)30-19(31)10-17-11-34-22(29-17)35-13(2)20(27)32/h3-9,11,13H,10H2,1-2H3,(H2,27,32)(H,28,33)(H,30,31). The van der Waals surface area contributed by atoms with Crippen molar-refractivity contribution in [3.8, 4) is 0 Å². The number of anilines is 2. The van der Waals surface area contributed by atoms with Crippen LogP contribution in [0, 0.1) is 6.92 Å². The molecular formula is C23H21F3N4O3S2. The zero-order chi connectivity index (χ0) is 25.8. The van der Waals surface area contributed by atoms with Crippen LogP contribution in [0.1, 0.15) is 34.1 Å². The summed E-state index contributed by atoms with van der Waals surface area (Å²) in [6.07, 6.45) is -4.57. The molecule has 3 rings (SSSR count). The smallest absolute Gasteiger partial charge is 0.369 e. The van der Waals surface area contributed by atoms with Crippen LogP contribution in [0.25, 0.3) is 0 Å². The third-order valence-electron chi connectivity index (χ3n) is 4.77. The number of carbonyl (C=O) groups is 3. The van der Waals surface area contributed by atoms with Gasteiger partial charge in [0.15, 0.2) is 4.34 Å². The van der Waals surface area contributed by atoms with E-state index >= 15 is 0 Å². The molecule has 1 heterocycles. The van der Waals surface area contributed by atoms with E-state index in [1.54, 1.807) is 31.4 Å². The molecule has 0 aliphatic heterocycles. The summed E-state index contributed by atoms with van der Waals surface area (Å²) in [5.41, 5.74) is 6.18. The Kier molecular flexibility index (Phi) is 8.18. The highest BCUT2D eigenvalue weighted by Crippen LogP contribution is 2.30. The van der Waals surface area contributed by atoms with Gasteiger partial charge in [-0.05, 0) is 49.7 Å². The quantitative estimate of drug-likeness (QED) is 0.365. The van der Waals surface area contributed by atoms with Crippen molar-refractivity contribution >= 4 is 52.2 Å². The number of rotatable bonds is 8. The van der Waals surface area contributed by atoms with Crippen LogP contribution in [0.3, 0.4) is 0 Å². The average Bonchev–Trinajstić information content (AvgIpc) is 3.21. The van der Waals surface area contributed by atoms with E-state index in [1.165, 1.54) is 35.2 Å². The second-order valence-electron chi connectivity index (χ2n) is 7.55. The fraction of sp³-hybridized carbons (Fsp3) is 0.217. The lowest BCUT2D eigenvalue weighted by Crippen LogP contribution is -2.22. The first-order valence-electron chi connectivity index (χ1n) is 10.2. The molecule has 35 heavy (non-hydrogen) atoms. The number of hydrogen-bond acceptors (Lipinski definition) is 6. The third kappa shape index (κ3) is 7.30. The first kappa shape index (κ1) is 26.2. The van der Waals surface area contributed by atoms with Gasteiger partial charge in [-0.25, -0.2) is 4.98 Å². The van der Waals surface area contributed by atoms with Crippen molar-refractivity contribution in [1.29, 1.82) is 0 Å². The van der Waals surface area contributed by atoms with Crippen LogP contribution in [-0.2, 0) is 22.2 Å². The maximum atomic E-state index is 12.9. The Hall–Kier alpha value is -3.38. The summed E-state index contributed by atoms with van der Waals surface area (Å²) >= 11 is 2.51. The van der Waals surface area contributed by atoms with Crippen molar-refractivity contribution in [2.75, 3.05) is 10.6 Å². The van der Waals surface area contributed by atoms with E-state index in [2.05, 4.69) is 15.6 Å². The van der Waals surface area contributed by atoms with E-state index in [-0.39, 0.29) is 17.9 Å². The van der Waals surface area contributed by atoms with Crippen LogP contribution >= 0.6 is 23.1 Å². The number of hydrogen-bond donors (Lipinski definition) is 3. The number of thioether (sulfide) groups is 1. The Bertz CT molecular complexity index is 1260. The molecule has 7 nitrogen and oxygen atoms in total. The van der Waals surface area contributed by atoms with E-state index in [0.717, 1.165) is 23.8 Å². The van der Waals surface area contributed by atoms with Crippen LogP contribution < -0.4 is 16.4 Å². The van der Waals surface area contributed by atoms with Crippen molar-refractivity contribution in [2.45, 2.75) is 36.0 Å². The Morgan fingerprint density at radius 3 is 2.57 bits per heavy atom. The van der Waals surface area contributed by atoms with Crippen molar-refractivity contribution in [3.63, 3.8) is 0 Å². The van der Waals surface area contributed by atoms with Gasteiger partial charge in [0.05, 0.1) is 22.9 Å². The molecule has 0 bridgehead atoms. The lowest BCUT2D eigenvalue weighted by atomic mass is 10.1. The normalized spacial score (nSPS) is 12.1. The lowest BCUT2D eigenvalue weighted by Gasteiger charge is -2.12. The number of alkyl halides is 3. The van der Waals surface area contributed by atoms with Gasteiger partial charge in [-0.15, -0.1) is 11.3 Å². The maximum Gasteiger partial charge on any atom is 0.416 e. The Balaban J connectivity index is 1.65. The third-order valence-corrected chi connectivity index (χ3v) is 6.91. The topological polar surface area (TPSA) is 114 Å². The fourth-order valence-corrected chi connectivity index (χ4v) is 4.80. The number of nitrogens with two attached hydrogens (primary N) is 1. The van der Waals surface area contributed by atoms with Crippen molar-refractivity contribution in [2.24, 2.45) is 5.73 Å². The highest BCUT2D eigenvalue weighted by molar-refractivity contribution is 8.02. The predicted octanol–water partition coefficient (Wildman–Crippen LogP) is 4.87. The Labute approximate surface area is 207 Å². The van der Waals surface area contributed by atoms with E-state index in [9.17, 15) is 27.6 Å². The van der Waals surface area contributed by atoms with Gasteiger partial charge in [-0.1, -0.05) is 23.9 Å². The number of benzene rings is 2. The van der Waals surface area contributed by atoms with Gasteiger partial charge in [-0.3, -0.25) is 14.4 Å². The molecule has 2 aromatic carbocycles. The number of halogens is 3. The summed E-state index contributed by atoms with van der Waals surface area (Å²) in [7, 11) is 0. The number of thiazole rings is 1. The van der Waals surface area contributed by atoms with Gasteiger partial charge < -0.3 is 16.4 Å². The first-order chi connectivity index (χ1) is 16.4. The predicted molar refractivity (Wildman–Crippen MR) is 130 cm³/mol. The summed E-state index contributed by atoms with van der Waals surface area (Å²) in [4.78, 5) is 40.5. The van der Waals surface area contributed by atoms with Crippen LogP contribution in [0.2, 0.25) is 0 Å². The van der Waals surface area contributed by atoms with Crippen molar-refractivity contribution in [1.82, 2.24) is 4.98 Å². The number of carbonyl (C=O) groups excluding carboxylic acids is 3. The molecule has 4 N–H and O–H groups in total. The van der Waals surface area contributed by atoms with Crippen LogP contribution in [0.5, 0.6) is 0 Å². The molecule has 0 aliphatic rings. The van der Waals surface area contributed by atoms with E-state index in [4.69, 9.17) is 5.73 Å². The minimum atomic E-state index is -4.56. The second-order valence-corrected chi connectivity index (χ2v) is 10.0. The Morgan fingerprint density at radius 2 is 1.89 bits per heavy atom. The molecule has 0 saturated carbocycles. The van der Waals surface area contributed by atoms with E-state index < -0.39 is 28.8 Å². The molecule has 1 unspecified atom stereocenters. The summed E-state index contributed by atoms with van der Waals surface area (Å²) in [6, 6.07) is 8.88. The average molecular weight is 523 g/mol. The van der Waals surface area contributed by atoms with E-state index in [1.807, 2.05) is 0 Å². The molecule has 3 aromatic rings. The highest BCUT2D eigenvalue weighted by Gasteiger charge is 2.30. The summed E-state index contributed by atoms with van der Waals surface area (Å²) in [5, 5.41) is 6.57. The molecule has 0 radical (unpaired) electrons. The van der Waals surface area contributed by atoms with E-state index in [0.29, 0.717) is 21.4 Å². The number of primary amides is 1. The molecule has 1 aromatic heterocycles. The van der Waals surface area contributed by atoms with Gasteiger partial charge in [0, 0.05) is 22.3 Å². The maximum absolute atomic E-state index is 12.9. The molecule has 12 heteroatoms. The second kappa shape index (κ2) is 10.9. The Morgan fingerprint density at radius 1 is 1.14 bits per heavy atom. The van der Waals surface area contributed by atoms with Crippen LogP contribution in [0.4, 0.5) is 24.5 Å². The highest BCUT2D eigenvalue weighted by atomic mass is 32.2. The number of aromatic nitrogens is 1. The zero-order valence-electron chi connectivity index (χ0n) is 18.6. The zero-order valence-corrected chi connectivity index (χ0v) is 20.2. The molecule has 0 aliphatic carbocycles. The van der Waals surface area contributed by atoms with Gasteiger partial charge in [0.1, 0.15) is 0 Å². The molecular weight excluding hydrogens is 501 g/mol. The van der Waals surface area contributed by atoms with Crippen molar-refractivity contribution < 1.29 is 27.6 Å². The molecule has 1 atom stereocenters. The fourth-order valence-electron chi connectivity index (χ4n) is 2.87. The van der Waals surface area contributed by atoms with Gasteiger partial charge in [0.25, 0.3) is 5.91 Å². The molecule has 184 valence electrons. The van der Waals surface area contributed by atoms with Gasteiger partial charge >= 0.3 is 6.18 Å². The number of nitrogens with zero attached hydrogens (tertiary/aromatic N) is 1. The van der Waals surface area contributed by atoms with Gasteiger partial charge in [0.2, 0.25) is 11.8 Å². The van der Waals surface area contributed by atoms with Crippen LogP contribution in [-0.4, -0.2) is 28.0 Å². The largest absolute Gasteiger partial charge is 0.416 e. The molecule has 0 spiro atoms. The van der Waals surface area contributed by atoms with Gasteiger partial charge in [-0.2, -0.15) is 13.2 Å². The van der Waals surface area contributed by atoms with Crippen LogP contribution in [0.15, 0.2) is 52.2 Å². The minimum Gasteiger partial charge on any atom is -0.369 e. The minimum absolute atomic E-state index is 0.0116. The monoisotopic (exact) mass is 522 g/mol. The summed E-state index contributed by atoms with van der Waals surface area (Å²) in [6.45, 7) is 3.43. The summed E-state index contributed by atoms with van der Waals surface area (Å²) in [5.74, 6) is -1.52.